The van der Waals surface area contributed by atoms with Crippen LogP contribution in [-0.4, -0.2) is 25.2 Å². The summed E-state index contributed by atoms with van der Waals surface area (Å²) in [4.78, 5) is 25.0. The lowest BCUT2D eigenvalue weighted by atomic mass is 9.87. The predicted molar refractivity (Wildman–Crippen MR) is 102 cm³/mol. The van der Waals surface area contributed by atoms with Crippen molar-refractivity contribution in [1.82, 2.24) is 0 Å². The second kappa shape index (κ2) is 13.0. The summed E-state index contributed by atoms with van der Waals surface area (Å²) >= 11 is 0. The largest absolute Gasteiger partial charge is 0.465 e. The number of rotatable bonds is 14. The quantitative estimate of drug-likeness (QED) is 0.241. The standard InChI is InChI=1S/C21H38O4/c1-7-10-12-17(4)15-24-19(22)21(6,14-9-3)20(23)25-16-18(5)13-11-8-2/h9,17-18H,3,7-8,10-16H2,1-2,4-6H3. The van der Waals surface area contributed by atoms with Crippen LogP contribution in [0.25, 0.3) is 0 Å². The molecule has 0 aromatic rings. The first kappa shape index (κ1) is 23.7. The van der Waals surface area contributed by atoms with Crippen molar-refractivity contribution in [3.8, 4) is 0 Å². The first-order valence-corrected chi connectivity index (χ1v) is 9.77. The van der Waals surface area contributed by atoms with Gasteiger partial charge in [-0.3, -0.25) is 9.59 Å². The molecule has 0 radical (unpaired) electrons. The van der Waals surface area contributed by atoms with Gasteiger partial charge >= 0.3 is 11.9 Å². The lowest BCUT2D eigenvalue weighted by Gasteiger charge is -2.25. The molecule has 0 aromatic carbocycles. The fourth-order valence-corrected chi connectivity index (χ4v) is 2.56. The Morgan fingerprint density at radius 1 is 0.960 bits per heavy atom. The van der Waals surface area contributed by atoms with Crippen LogP contribution < -0.4 is 0 Å². The zero-order valence-corrected chi connectivity index (χ0v) is 16.9. The normalized spacial score (nSPS) is 15.7. The highest BCUT2D eigenvalue weighted by Crippen LogP contribution is 2.27. The summed E-state index contributed by atoms with van der Waals surface area (Å²) in [6, 6.07) is 0. The van der Waals surface area contributed by atoms with Crippen molar-refractivity contribution in [3.05, 3.63) is 12.7 Å². The first-order valence-electron chi connectivity index (χ1n) is 9.77. The summed E-state index contributed by atoms with van der Waals surface area (Å²) in [6.07, 6.45) is 8.29. The maximum Gasteiger partial charge on any atom is 0.323 e. The molecule has 0 fully saturated rings. The van der Waals surface area contributed by atoms with E-state index in [1.165, 1.54) is 0 Å². The molecule has 0 bridgehead atoms. The lowest BCUT2D eigenvalue weighted by molar-refractivity contribution is -0.172. The molecule has 0 saturated heterocycles. The highest BCUT2D eigenvalue weighted by atomic mass is 16.6. The van der Waals surface area contributed by atoms with Crippen LogP contribution in [-0.2, 0) is 19.1 Å². The van der Waals surface area contributed by atoms with E-state index in [-0.39, 0.29) is 6.42 Å². The maximum atomic E-state index is 12.5. The van der Waals surface area contributed by atoms with Crippen molar-refractivity contribution in [1.29, 1.82) is 0 Å². The van der Waals surface area contributed by atoms with Crippen molar-refractivity contribution in [2.75, 3.05) is 13.2 Å². The number of unbranched alkanes of at least 4 members (excludes halogenated alkanes) is 2. The Hall–Kier alpha value is -1.32. The number of hydrogen-bond donors (Lipinski definition) is 0. The molecule has 2 atom stereocenters. The van der Waals surface area contributed by atoms with Crippen molar-refractivity contribution < 1.29 is 19.1 Å². The van der Waals surface area contributed by atoms with Crippen LogP contribution in [0, 0.1) is 17.3 Å². The van der Waals surface area contributed by atoms with E-state index in [1.54, 1.807) is 13.0 Å². The minimum Gasteiger partial charge on any atom is -0.465 e. The summed E-state index contributed by atoms with van der Waals surface area (Å²) in [5.74, 6) is -0.437. The topological polar surface area (TPSA) is 52.6 Å². The average Bonchev–Trinajstić information content (AvgIpc) is 2.60. The van der Waals surface area contributed by atoms with Crippen LogP contribution in [0.5, 0.6) is 0 Å². The summed E-state index contributed by atoms with van der Waals surface area (Å²) in [6.45, 7) is 14.3. The molecule has 0 spiro atoms. The summed E-state index contributed by atoms with van der Waals surface area (Å²) in [5, 5.41) is 0. The van der Waals surface area contributed by atoms with E-state index in [2.05, 4.69) is 34.3 Å². The SMILES string of the molecule is C=CCC(C)(C(=O)OCC(C)CCCC)C(=O)OCC(C)CCCC. The van der Waals surface area contributed by atoms with Crippen LogP contribution in [0.1, 0.15) is 79.6 Å². The van der Waals surface area contributed by atoms with Crippen LogP contribution in [0.4, 0.5) is 0 Å². The third-order valence-electron chi connectivity index (χ3n) is 4.55. The van der Waals surface area contributed by atoms with Gasteiger partial charge in [0.25, 0.3) is 0 Å². The van der Waals surface area contributed by atoms with Gasteiger partial charge < -0.3 is 9.47 Å². The van der Waals surface area contributed by atoms with Gasteiger partial charge in [0.05, 0.1) is 13.2 Å². The lowest BCUT2D eigenvalue weighted by Crippen LogP contribution is -2.40. The molecule has 2 unspecified atom stereocenters. The molecule has 0 aliphatic rings. The van der Waals surface area contributed by atoms with E-state index in [0.717, 1.165) is 38.5 Å². The maximum absolute atomic E-state index is 12.5. The third-order valence-corrected chi connectivity index (χ3v) is 4.55. The van der Waals surface area contributed by atoms with Gasteiger partial charge in [-0.05, 0) is 38.0 Å². The summed E-state index contributed by atoms with van der Waals surface area (Å²) in [7, 11) is 0. The minimum absolute atomic E-state index is 0.220. The van der Waals surface area contributed by atoms with E-state index in [9.17, 15) is 9.59 Å². The summed E-state index contributed by atoms with van der Waals surface area (Å²) in [5.41, 5.74) is -1.31. The molecular formula is C21H38O4. The molecule has 25 heavy (non-hydrogen) atoms. The van der Waals surface area contributed by atoms with Crippen molar-refractivity contribution in [2.24, 2.45) is 17.3 Å². The monoisotopic (exact) mass is 354 g/mol. The molecule has 146 valence electrons. The number of carbonyl (C=O) groups is 2. The van der Waals surface area contributed by atoms with E-state index in [1.807, 2.05) is 0 Å². The molecule has 0 saturated carbocycles. The molecule has 0 aliphatic heterocycles. The number of allylic oxidation sites excluding steroid dienone is 1. The van der Waals surface area contributed by atoms with Gasteiger partial charge in [0.1, 0.15) is 0 Å². The molecule has 0 rings (SSSR count). The predicted octanol–water partition coefficient (Wildman–Crippen LogP) is 5.31. The highest BCUT2D eigenvalue weighted by Gasteiger charge is 2.43. The van der Waals surface area contributed by atoms with Crippen LogP contribution in [0.2, 0.25) is 0 Å². The Morgan fingerprint density at radius 2 is 1.36 bits per heavy atom. The Morgan fingerprint density at radius 3 is 1.68 bits per heavy atom. The molecule has 4 heteroatoms. The van der Waals surface area contributed by atoms with Gasteiger partial charge in [-0.2, -0.15) is 0 Å². The number of ether oxygens (including phenoxy) is 2. The average molecular weight is 355 g/mol. The van der Waals surface area contributed by atoms with E-state index >= 15 is 0 Å². The van der Waals surface area contributed by atoms with Gasteiger partial charge in [0.2, 0.25) is 0 Å². The van der Waals surface area contributed by atoms with E-state index in [4.69, 9.17) is 9.47 Å². The fourth-order valence-electron chi connectivity index (χ4n) is 2.56. The second-order valence-corrected chi connectivity index (χ2v) is 7.52. The van der Waals surface area contributed by atoms with Gasteiger partial charge in [-0.1, -0.05) is 59.5 Å². The molecule has 0 aliphatic carbocycles. The second-order valence-electron chi connectivity index (χ2n) is 7.52. The highest BCUT2D eigenvalue weighted by molar-refractivity contribution is 5.99. The number of hydrogen-bond acceptors (Lipinski definition) is 4. The molecule has 0 aromatic heterocycles. The van der Waals surface area contributed by atoms with Crippen LogP contribution >= 0.6 is 0 Å². The third kappa shape index (κ3) is 9.08. The van der Waals surface area contributed by atoms with Crippen molar-refractivity contribution in [3.63, 3.8) is 0 Å². The van der Waals surface area contributed by atoms with Gasteiger partial charge in [-0.25, -0.2) is 0 Å². The Bertz CT molecular complexity index is 373. The summed E-state index contributed by atoms with van der Waals surface area (Å²) < 4.78 is 10.8. The van der Waals surface area contributed by atoms with Gasteiger partial charge in [-0.15, -0.1) is 6.58 Å². The van der Waals surface area contributed by atoms with Gasteiger partial charge in [0, 0.05) is 0 Å². The van der Waals surface area contributed by atoms with E-state index < -0.39 is 17.4 Å². The Labute approximate surface area is 154 Å². The zero-order chi connectivity index (χ0) is 19.3. The molecule has 0 heterocycles. The van der Waals surface area contributed by atoms with Crippen LogP contribution in [0.3, 0.4) is 0 Å². The van der Waals surface area contributed by atoms with Crippen molar-refractivity contribution in [2.45, 2.75) is 79.6 Å². The number of esters is 2. The minimum atomic E-state index is -1.31. The number of carbonyl (C=O) groups excluding carboxylic acids is 2. The molecule has 0 amide bonds. The van der Waals surface area contributed by atoms with Crippen LogP contribution in [0.15, 0.2) is 12.7 Å². The molecule has 4 nitrogen and oxygen atoms in total. The van der Waals surface area contributed by atoms with Crippen molar-refractivity contribution >= 4 is 11.9 Å². The van der Waals surface area contributed by atoms with Gasteiger partial charge in [0.15, 0.2) is 5.41 Å². The Kier molecular flexibility index (Phi) is 12.3. The molecule has 0 N–H and O–H groups in total. The Balaban J connectivity index is 4.64. The fraction of sp³-hybridized carbons (Fsp3) is 0.810. The smallest absolute Gasteiger partial charge is 0.323 e. The van der Waals surface area contributed by atoms with E-state index in [0.29, 0.717) is 25.0 Å². The zero-order valence-electron chi connectivity index (χ0n) is 16.9. The first-order chi connectivity index (χ1) is 11.8. The molecular weight excluding hydrogens is 316 g/mol.